The summed E-state index contributed by atoms with van der Waals surface area (Å²) < 4.78 is 5.63. The van der Waals surface area contributed by atoms with E-state index in [1.54, 1.807) is 13.0 Å². The van der Waals surface area contributed by atoms with Crippen LogP contribution in [0.5, 0.6) is 5.75 Å². The molecule has 1 aromatic rings. The van der Waals surface area contributed by atoms with Crippen LogP contribution in [-0.4, -0.2) is 42.1 Å². The van der Waals surface area contributed by atoms with Crippen molar-refractivity contribution in [3.8, 4) is 5.75 Å². The van der Waals surface area contributed by atoms with Crippen LogP contribution < -0.4 is 4.74 Å². The quantitative estimate of drug-likeness (QED) is 0.706. The van der Waals surface area contributed by atoms with Gasteiger partial charge in [0, 0.05) is 24.2 Å². The molecule has 4 heteroatoms. The van der Waals surface area contributed by atoms with Crippen molar-refractivity contribution in [1.82, 2.24) is 4.90 Å². The van der Waals surface area contributed by atoms with Crippen molar-refractivity contribution in [2.45, 2.75) is 33.7 Å². The highest BCUT2D eigenvalue weighted by atomic mass is 16.5. The third-order valence-corrected chi connectivity index (χ3v) is 3.12. The van der Waals surface area contributed by atoms with Gasteiger partial charge < -0.3 is 9.84 Å². The predicted octanol–water partition coefficient (Wildman–Crippen LogP) is 2.49. The fourth-order valence-electron chi connectivity index (χ4n) is 2.19. The van der Waals surface area contributed by atoms with Gasteiger partial charge in [0.05, 0.1) is 13.2 Å². The van der Waals surface area contributed by atoms with Crippen LogP contribution in [0.3, 0.4) is 0 Å². The highest BCUT2D eigenvalue weighted by molar-refractivity contribution is 5.94. The Bertz CT molecular complexity index is 426. The van der Waals surface area contributed by atoms with Gasteiger partial charge in [0.2, 0.25) is 0 Å². The summed E-state index contributed by atoms with van der Waals surface area (Å²) >= 11 is 0. The molecule has 0 aliphatic carbocycles. The van der Waals surface area contributed by atoms with Gasteiger partial charge >= 0.3 is 0 Å². The van der Waals surface area contributed by atoms with E-state index in [-0.39, 0.29) is 12.4 Å². The number of rotatable bonds is 9. The number of Topliss-reactive ketones (excluding diaryl/α,β-unsaturated/α-hetero) is 1. The van der Waals surface area contributed by atoms with Gasteiger partial charge in [-0.1, -0.05) is 6.92 Å². The SMILES string of the molecule is CCCN(CCO)Cc1cc(C(C)=O)ccc1OCC. The number of ketones is 1. The molecule has 112 valence electrons. The zero-order valence-electron chi connectivity index (χ0n) is 12.7. The maximum atomic E-state index is 11.5. The van der Waals surface area contributed by atoms with Gasteiger partial charge in [0.1, 0.15) is 5.75 Å². The Hall–Kier alpha value is -1.39. The van der Waals surface area contributed by atoms with E-state index < -0.39 is 0 Å². The zero-order chi connectivity index (χ0) is 15.0. The first-order valence-corrected chi connectivity index (χ1v) is 7.22. The maximum absolute atomic E-state index is 11.5. The fraction of sp³-hybridized carbons (Fsp3) is 0.562. The summed E-state index contributed by atoms with van der Waals surface area (Å²) in [6.07, 6.45) is 1.02. The summed E-state index contributed by atoms with van der Waals surface area (Å²) in [5, 5.41) is 9.13. The number of aliphatic hydroxyl groups excluding tert-OH is 1. The van der Waals surface area contributed by atoms with Crippen molar-refractivity contribution < 1.29 is 14.6 Å². The highest BCUT2D eigenvalue weighted by Crippen LogP contribution is 2.22. The number of aliphatic hydroxyl groups is 1. The van der Waals surface area contributed by atoms with Crippen LogP contribution >= 0.6 is 0 Å². The third-order valence-electron chi connectivity index (χ3n) is 3.12. The van der Waals surface area contributed by atoms with Crippen LogP contribution in [-0.2, 0) is 6.54 Å². The average Bonchev–Trinajstić information content (AvgIpc) is 2.41. The minimum Gasteiger partial charge on any atom is -0.494 e. The monoisotopic (exact) mass is 279 g/mol. The number of ether oxygens (including phenoxy) is 1. The molecule has 0 aliphatic rings. The molecule has 0 unspecified atom stereocenters. The molecule has 0 bridgehead atoms. The lowest BCUT2D eigenvalue weighted by molar-refractivity contribution is 0.101. The first-order chi connectivity index (χ1) is 9.62. The number of benzene rings is 1. The Morgan fingerprint density at radius 1 is 1.30 bits per heavy atom. The number of nitrogens with zero attached hydrogens (tertiary/aromatic N) is 1. The van der Waals surface area contributed by atoms with Gasteiger partial charge in [-0.25, -0.2) is 0 Å². The highest BCUT2D eigenvalue weighted by Gasteiger charge is 2.11. The third kappa shape index (κ3) is 4.94. The maximum Gasteiger partial charge on any atom is 0.159 e. The molecular weight excluding hydrogens is 254 g/mol. The van der Waals surface area contributed by atoms with Crippen LogP contribution in [0.4, 0.5) is 0 Å². The summed E-state index contributed by atoms with van der Waals surface area (Å²) in [5.41, 5.74) is 1.70. The van der Waals surface area contributed by atoms with E-state index in [0.29, 0.717) is 25.3 Å². The van der Waals surface area contributed by atoms with Gasteiger partial charge in [-0.3, -0.25) is 9.69 Å². The molecule has 0 aromatic heterocycles. The molecule has 0 saturated carbocycles. The second-order valence-corrected chi connectivity index (χ2v) is 4.81. The minimum atomic E-state index is 0.0542. The first-order valence-electron chi connectivity index (χ1n) is 7.22. The van der Waals surface area contributed by atoms with Crippen molar-refractivity contribution in [1.29, 1.82) is 0 Å². The Balaban J connectivity index is 2.97. The topological polar surface area (TPSA) is 49.8 Å². The van der Waals surface area contributed by atoms with Crippen LogP contribution in [0.1, 0.15) is 43.1 Å². The molecule has 1 aromatic carbocycles. The summed E-state index contributed by atoms with van der Waals surface area (Å²) in [5.74, 6) is 0.870. The Labute approximate surface area is 121 Å². The number of carbonyl (C=O) groups excluding carboxylic acids is 1. The molecule has 0 fully saturated rings. The van der Waals surface area contributed by atoms with Crippen LogP contribution in [0.25, 0.3) is 0 Å². The molecule has 0 radical (unpaired) electrons. The molecule has 0 heterocycles. The lowest BCUT2D eigenvalue weighted by Crippen LogP contribution is -2.27. The van der Waals surface area contributed by atoms with Crippen LogP contribution in [0, 0.1) is 0 Å². The number of hydrogen-bond acceptors (Lipinski definition) is 4. The van der Waals surface area contributed by atoms with E-state index in [1.807, 2.05) is 19.1 Å². The molecule has 0 atom stereocenters. The van der Waals surface area contributed by atoms with Crippen molar-refractivity contribution in [2.24, 2.45) is 0 Å². The molecule has 1 N–H and O–H groups in total. The molecular formula is C16H25NO3. The van der Waals surface area contributed by atoms with E-state index >= 15 is 0 Å². The van der Waals surface area contributed by atoms with E-state index in [0.717, 1.165) is 24.3 Å². The van der Waals surface area contributed by atoms with Gasteiger partial charge in [0.25, 0.3) is 0 Å². The van der Waals surface area contributed by atoms with E-state index in [1.165, 1.54) is 0 Å². The molecule has 0 spiro atoms. The first kappa shape index (κ1) is 16.7. The van der Waals surface area contributed by atoms with Gasteiger partial charge in [-0.15, -0.1) is 0 Å². The standard InChI is InChI=1S/C16H25NO3/c1-4-8-17(9-10-18)12-15-11-14(13(3)19)6-7-16(15)20-5-2/h6-7,11,18H,4-5,8-10,12H2,1-3H3. The van der Waals surface area contributed by atoms with Gasteiger partial charge in [0.15, 0.2) is 5.78 Å². The predicted molar refractivity (Wildman–Crippen MR) is 80.3 cm³/mol. The molecule has 1 rings (SSSR count). The average molecular weight is 279 g/mol. The van der Waals surface area contributed by atoms with Crippen molar-refractivity contribution in [2.75, 3.05) is 26.3 Å². The molecule has 0 aliphatic heterocycles. The molecule has 0 saturated heterocycles. The summed E-state index contributed by atoms with van der Waals surface area (Å²) in [6.45, 7) is 8.58. The van der Waals surface area contributed by atoms with Gasteiger partial charge in [-0.2, -0.15) is 0 Å². The van der Waals surface area contributed by atoms with E-state index in [2.05, 4.69) is 11.8 Å². The summed E-state index contributed by atoms with van der Waals surface area (Å²) in [6, 6.07) is 5.55. The Morgan fingerprint density at radius 2 is 2.05 bits per heavy atom. The smallest absolute Gasteiger partial charge is 0.159 e. The largest absolute Gasteiger partial charge is 0.494 e. The Morgan fingerprint density at radius 3 is 2.60 bits per heavy atom. The van der Waals surface area contributed by atoms with E-state index in [9.17, 15) is 4.79 Å². The summed E-state index contributed by atoms with van der Waals surface area (Å²) in [7, 11) is 0. The zero-order valence-corrected chi connectivity index (χ0v) is 12.7. The normalized spacial score (nSPS) is 10.8. The van der Waals surface area contributed by atoms with Crippen molar-refractivity contribution >= 4 is 5.78 Å². The van der Waals surface area contributed by atoms with Crippen molar-refractivity contribution in [3.63, 3.8) is 0 Å². The van der Waals surface area contributed by atoms with Crippen molar-refractivity contribution in [3.05, 3.63) is 29.3 Å². The molecule has 20 heavy (non-hydrogen) atoms. The molecule has 4 nitrogen and oxygen atoms in total. The second kappa shape index (κ2) is 8.72. The second-order valence-electron chi connectivity index (χ2n) is 4.81. The lowest BCUT2D eigenvalue weighted by Gasteiger charge is -2.22. The summed E-state index contributed by atoms with van der Waals surface area (Å²) in [4.78, 5) is 13.7. The number of carbonyl (C=O) groups is 1. The Kier molecular flexibility index (Phi) is 7.26. The minimum absolute atomic E-state index is 0.0542. The van der Waals surface area contributed by atoms with E-state index in [4.69, 9.17) is 9.84 Å². The lowest BCUT2D eigenvalue weighted by atomic mass is 10.1. The van der Waals surface area contributed by atoms with Crippen LogP contribution in [0.2, 0.25) is 0 Å². The van der Waals surface area contributed by atoms with Gasteiger partial charge in [-0.05, 0) is 45.0 Å². The molecule has 0 amide bonds. The fourth-order valence-corrected chi connectivity index (χ4v) is 2.19. The van der Waals surface area contributed by atoms with Crippen LogP contribution in [0.15, 0.2) is 18.2 Å². The number of hydrogen-bond donors (Lipinski definition) is 1.